The first-order chi connectivity index (χ1) is 8.13. The van der Waals surface area contributed by atoms with Crippen molar-refractivity contribution >= 4 is 18.6 Å². The van der Waals surface area contributed by atoms with Gasteiger partial charge in [0, 0.05) is 6.42 Å². The molecule has 0 aliphatic heterocycles. The Hall–Kier alpha value is -1.33. The second-order valence-corrected chi connectivity index (χ2v) is 3.77. The highest BCUT2D eigenvalue weighted by Crippen LogP contribution is 2.04. The number of rotatable bonds is 6. The van der Waals surface area contributed by atoms with Crippen LogP contribution >= 0.6 is 0 Å². The normalized spacial score (nSPS) is 10.1. The second-order valence-electron chi connectivity index (χ2n) is 3.77. The number of benzene rings is 1. The van der Waals surface area contributed by atoms with Crippen molar-refractivity contribution in [2.75, 3.05) is 6.61 Å². The molecule has 0 aromatic heterocycles. The van der Waals surface area contributed by atoms with Crippen LogP contribution in [0.25, 0.3) is 0 Å². The van der Waals surface area contributed by atoms with Gasteiger partial charge in [0.1, 0.15) is 0 Å². The van der Waals surface area contributed by atoms with E-state index in [1.165, 1.54) is 0 Å². The molecule has 0 fully saturated rings. The van der Waals surface area contributed by atoms with Crippen LogP contribution < -0.4 is 5.46 Å². The van der Waals surface area contributed by atoms with Crippen LogP contribution in [-0.4, -0.2) is 29.7 Å². The highest BCUT2D eigenvalue weighted by Gasteiger charge is 2.09. The average Bonchev–Trinajstić information content (AvgIpc) is 2.30. The Morgan fingerprint density at radius 2 is 1.94 bits per heavy atom. The van der Waals surface area contributed by atoms with Gasteiger partial charge >= 0.3 is 13.1 Å². The first-order valence-electron chi connectivity index (χ1n) is 5.74. The molecule has 0 aliphatic rings. The maximum Gasteiger partial charge on any atom is 0.488 e. The van der Waals surface area contributed by atoms with Crippen LogP contribution in [-0.2, 0) is 16.0 Å². The molecule has 1 rings (SSSR count). The van der Waals surface area contributed by atoms with Crippen LogP contribution in [0.15, 0.2) is 24.3 Å². The third-order valence-corrected chi connectivity index (χ3v) is 2.43. The maximum absolute atomic E-state index is 11.1. The van der Waals surface area contributed by atoms with E-state index in [0.717, 1.165) is 18.4 Å². The number of hydrogen-bond acceptors (Lipinski definition) is 4. The average molecular weight is 236 g/mol. The summed E-state index contributed by atoms with van der Waals surface area (Å²) in [4.78, 5) is 11.1. The van der Waals surface area contributed by atoms with Crippen molar-refractivity contribution in [3.05, 3.63) is 29.8 Å². The molecule has 1 aromatic carbocycles. The molecule has 0 heterocycles. The third kappa shape index (κ3) is 5.02. The summed E-state index contributed by atoms with van der Waals surface area (Å²) >= 11 is 0. The van der Waals surface area contributed by atoms with Gasteiger partial charge in [-0.05, 0) is 30.8 Å². The van der Waals surface area contributed by atoms with Crippen molar-refractivity contribution in [1.29, 1.82) is 0 Å². The number of carbonyl (C=O) groups excluding carboxylic acids is 1. The molecule has 0 aliphatic carbocycles. The van der Waals surface area contributed by atoms with Gasteiger partial charge < -0.3 is 14.8 Å². The Morgan fingerprint density at radius 1 is 1.29 bits per heavy atom. The minimum absolute atomic E-state index is 0.171. The molecule has 0 saturated heterocycles. The molecule has 0 unspecified atom stereocenters. The van der Waals surface area contributed by atoms with E-state index in [1.54, 1.807) is 19.1 Å². The molecule has 0 spiro atoms. The van der Waals surface area contributed by atoms with E-state index in [2.05, 4.69) is 0 Å². The van der Waals surface area contributed by atoms with Crippen molar-refractivity contribution in [2.24, 2.45) is 0 Å². The van der Waals surface area contributed by atoms with E-state index < -0.39 is 7.12 Å². The predicted molar refractivity (Wildman–Crippen MR) is 65.8 cm³/mol. The Labute approximate surface area is 101 Å². The fraction of sp³-hybridized carbons (Fsp3) is 0.417. The minimum Gasteiger partial charge on any atom is -0.466 e. The van der Waals surface area contributed by atoms with Crippen molar-refractivity contribution < 1.29 is 19.6 Å². The summed E-state index contributed by atoms with van der Waals surface area (Å²) in [5.74, 6) is -0.171. The Kier molecular flexibility index (Phi) is 5.73. The molecule has 0 radical (unpaired) electrons. The Bertz CT molecular complexity index is 348. The number of hydrogen-bond donors (Lipinski definition) is 2. The molecule has 1 aromatic rings. The molecule has 92 valence electrons. The largest absolute Gasteiger partial charge is 0.488 e. The summed E-state index contributed by atoms with van der Waals surface area (Å²) in [6, 6.07) is 7.01. The fourth-order valence-electron chi connectivity index (χ4n) is 1.53. The monoisotopic (exact) mass is 236 g/mol. The zero-order valence-corrected chi connectivity index (χ0v) is 9.93. The topological polar surface area (TPSA) is 66.8 Å². The SMILES string of the molecule is CCOC(=O)CCCc1ccc(B(O)O)cc1. The molecule has 0 atom stereocenters. The number of aryl methyl sites for hydroxylation is 1. The minimum atomic E-state index is -1.43. The molecule has 5 heteroatoms. The summed E-state index contributed by atoms with van der Waals surface area (Å²) in [7, 11) is -1.43. The summed E-state index contributed by atoms with van der Waals surface area (Å²) < 4.78 is 4.83. The van der Waals surface area contributed by atoms with Gasteiger partial charge in [0.25, 0.3) is 0 Å². The molecule has 0 saturated carbocycles. The first-order valence-corrected chi connectivity index (χ1v) is 5.74. The lowest BCUT2D eigenvalue weighted by molar-refractivity contribution is -0.143. The van der Waals surface area contributed by atoms with Crippen LogP contribution in [0.3, 0.4) is 0 Å². The van der Waals surface area contributed by atoms with Crippen molar-refractivity contribution in [3.8, 4) is 0 Å². The summed E-state index contributed by atoms with van der Waals surface area (Å²) in [6.45, 7) is 2.21. The summed E-state index contributed by atoms with van der Waals surface area (Å²) in [5, 5.41) is 17.8. The molecule has 4 nitrogen and oxygen atoms in total. The lowest BCUT2D eigenvalue weighted by Crippen LogP contribution is -2.29. The van der Waals surface area contributed by atoms with Crippen LogP contribution in [0.1, 0.15) is 25.3 Å². The maximum atomic E-state index is 11.1. The lowest BCUT2D eigenvalue weighted by Gasteiger charge is -2.04. The fourth-order valence-corrected chi connectivity index (χ4v) is 1.53. The van der Waals surface area contributed by atoms with Crippen LogP contribution in [0, 0.1) is 0 Å². The molecule has 0 amide bonds. The van der Waals surface area contributed by atoms with Gasteiger partial charge in [0.15, 0.2) is 0 Å². The highest BCUT2D eigenvalue weighted by molar-refractivity contribution is 6.58. The molecular weight excluding hydrogens is 219 g/mol. The van der Waals surface area contributed by atoms with Crippen molar-refractivity contribution in [3.63, 3.8) is 0 Å². The van der Waals surface area contributed by atoms with Gasteiger partial charge in [-0.1, -0.05) is 24.3 Å². The molecule has 0 bridgehead atoms. The van der Waals surface area contributed by atoms with Gasteiger partial charge in [-0.2, -0.15) is 0 Å². The van der Waals surface area contributed by atoms with E-state index in [0.29, 0.717) is 18.5 Å². The van der Waals surface area contributed by atoms with E-state index in [4.69, 9.17) is 14.8 Å². The predicted octanol–water partition coefficient (Wildman–Crippen LogP) is 0.252. The van der Waals surface area contributed by atoms with Gasteiger partial charge in [0.05, 0.1) is 6.61 Å². The molecule has 17 heavy (non-hydrogen) atoms. The number of carbonyl (C=O) groups is 1. The summed E-state index contributed by atoms with van der Waals surface area (Å²) in [6.07, 6.45) is 1.93. The van der Waals surface area contributed by atoms with Gasteiger partial charge in [0.2, 0.25) is 0 Å². The van der Waals surface area contributed by atoms with Gasteiger partial charge in [-0.15, -0.1) is 0 Å². The molecular formula is C12H17BO4. The standard InChI is InChI=1S/C12H17BO4/c1-2-17-12(14)5-3-4-10-6-8-11(9-7-10)13(15)16/h6-9,15-16H,2-5H2,1H3. The highest BCUT2D eigenvalue weighted by atomic mass is 16.5. The Morgan fingerprint density at radius 3 is 2.47 bits per heavy atom. The third-order valence-electron chi connectivity index (χ3n) is 2.43. The number of esters is 1. The van der Waals surface area contributed by atoms with E-state index in [1.807, 2.05) is 12.1 Å². The number of ether oxygens (including phenoxy) is 1. The van der Waals surface area contributed by atoms with Gasteiger partial charge in [-0.25, -0.2) is 0 Å². The van der Waals surface area contributed by atoms with Crippen LogP contribution in [0.4, 0.5) is 0 Å². The summed E-state index contributed by atoms with van der Waals surface area (Å²) in [5.41, 5.74) is 1.54. The zero-order chi connectivity index (χ0) is 12.7. The van der Waals surface area contributed by atoms with Crippen LogP contribution in [0.5, 0.6) is 0 Å². The van der Waals surface area contributed by atoms with E-state index in [-0.39, 0.29) is 5.97 Å². The Balaban J connectivity index is 2.35. The van der Waals surface area contributed by atoms with E-state index in [9.17, 15) is 4.79 Å². The second kappa shape index (κ2) is 7.09. The zero-order valence-electron chi connectivity index (χ0n) is 9.93. The van der Waals surface area contributed by atoms with Crippen molar-refractivity contribution in [2.45, 2.75) is 26.2 Å². The lowest BCUT2D eigenvalue weighted by atomic mass is 9.80. The van der Waals surface area contributed by atoms with Crippen LogP contribution in [0.2, 0.25) is 0 Å². The van der Waals surface area contributed by atoms with Crippen molar-refractivity contribution in [1.82, 2.24) is 0 Å². The van der Waals surface area contributed by atoms with Gasteiger partial charge in [-0.3, -0.25) is 4.79 Å². The quantitative estimate of drug-likeness (QED) is 0.549. The first kappa shape index (κ1) is 13.7. The smallest absolute Gasteiger partial charge is 0.466 e. The van der Waals surface area contributed by atoms with E-state index >= 15 is 0 Å². The molecule has 2 N–H and O–H groups in total.